The summed E-state index contributed by atoms with van der Waals surface area (Å²) < 4.78 is 0. The van der Waals surface area contributed by atoms with Gasteiger partial charge in [-0.05, 0) is 23.8 Å². The molecule has 1 unspecified atom stereocenters. The van der Waals surface area contributed by atoms with E-state index in [9.17, 15) is 9.59 Å². The average Bonchev–Trinajstić information content (AvgIpc) is 2.98. The lowest BCUT2D eigenvalue weighted by molar-refractivity contribution is -0.161. The zero-order valence-corrected chi connectivity index (χ0v) is 14.3. The molecule has 0 aromatic heterocycles. The number of hydrogen-bond donors (Lipinski definition) is 1. The Balaban J connectivity index is 1.97. The van der Waals surface area contributed by atoms with Gasteiger partial charge in [0.25, 0.3) is 0 Å². The summed E-state index contributed by atoms with van der Waals surface area (Å²) in [5, 5.41) is 3.02. The molecule has 2 aliphatic rings. The second-order valence-corrected chi connectivity index (χ2v) is 7.92. The lowest BCUT2D eigenvalue weighted by atomic mass is 9.80. The number of nitrogens with one attached hydrogen (secondary N) is 1. The van der Waals surface area contributed by atoms with Crippen molar-refractivity contribution in [3.05, 3.63) is 35.9 Å². The Kier molecular flexibility index (Phi) is 3.95. The molecule has 1 N–H and O–H groups in total. The molecular formula is C19H26N2O2. The summed E-state index contributed by atoms with van der Waals surface area (Å²) in [5.41, 5.74) is 0.144. The SMILES string of the molecule is CC(C)(C)C1NC(=O)C2(CCCC2)N(Cc2ccccc2)C1=O. The molecule has 1 spiro atoms. The molecule has 1 aliphatic heterocycles. The summed E-state index contributed by atoms with van der Waals surface area (Å²) in [4.78, 5) is 28.0. The third-order valence-electron chi connectivity index (χ3n) is 5.21. The molecule has 1 aromatic rings. The number of nitrogens with zero attached hydrogens (tertiary/aromatic N) is 1. The van der Waals surface area contributed by atoms with Gasteiger partial charge in [0, 0.05) is 6.54 Å². The van der Waals surface area contributed by atoms with Crippen molar-refractivity contribution in [1.29, 1.82) is 0 Å². The van der Waals surface area contributed by atoms with E-state index in [1.54, 1.807) is 0 Å². The van der Waals surface area contributed by atoms with Gasteiger partial charge in [-0.25, -0.2) is 0 Å². The number of amides is 2. The number of piperazine rings is 1. The van der Waals surface area contributed by atoms with E-state index in [4.69, 9.17) is 0 Å². The molecule has 2 fully saturated rings. The summed E-state index contributed by atoms with van der Waals surface area (Å²) in [6, 6.07) is 9.52. The molecule has 2 amide bonds. The van der Waals surface area contributed by atoms with Crippen LogP contribution in [-0.2, 0) is 16.1 Å². The predicted octanol–water partition coefficient (Wildman–Crippen LogP) is 2.87. The molecule has 0 radical (unpaired) electrons. The van der Waals surface area contributed by atoms with Crippen LogP contribution in [0.15, 0.2) is 30.3 Å². The van der Waals surface area contributed by atoms with Gasteiger partial charge in [0.15, 0.2) is 0 Å². The maximum atomic E-state index is 13.2. The van der Waals surface area contributed by atoms with Gasteiger partial charge >= 0.3 is 0 Å². The molecule has 0 bridgehead atoms. The highest BCUT2D eigenvalue weighted by atomic mass is 16.2. The third kappa shape index (κ3) is 2.75. The van der Waals surface area contributed by atoms with Crippen molar-refractivity contribution in [2.75, 3.05) is 0 Å². The van der Waals surface area contributed by atoms with Crippen LogP contribution in [0.3, 0.4) is 0 Å². The van der Waals surface area contributed by atoms with Crippen molar-refractivity contribution >= 4 is 11.8 Å². The lowest BCUT2D eigenvalue weighted by Crippen LogP contribution is -2.71. The Morgan fingerprint density at radius 1 is 1.13 bits per heavy atom. The van der Waals surface area contributed by atoms with E-state index in [0.29, 0.717) is 6.54 Å². The molecule has 1 saturated carbocycles. The molecule has 3 rings (SSSR count). The van der Waals surface area contributed by atoms with Gasteiger partial charge in [0.2, 0.25) is 11.8 Å². The topological polar surface area (TPSA) is 49.4 Å². The fourth-order valence-electron chi connectivity index (χ4n) is 3.86. The van der Waals surface area contributed by atoms with E-state index in [1.807, 2.05) is 56.0 Å². The lowest BCUT2D eigenvalue weighted by Gasteiger charge is -2.49. The predicted molar refractivity (Wildman–Crippen MR) is 89.6 cm³/mol. The maximum absolute atomic E-state index is 13.2. The quantitative estimate of drug-likeness (QED) is 0.912. The first kappa shape index (κ1) is 16.0. The normalized spacial score (nSPS) is 24.1. The summed E-state index contributed by atoms with van der Waals surface area (Å²) in [6.45, 7) is 6.52. The minimum absolute atomic E-state index is 0.0328. The standard InChI is InChI=1S/C19H26N2O2/c1-18(2,3)15-16(22)21(13-14-9-5-4-6-10-14)19(17(23)20-15)11-7-8-12-19/h4-6,9-10,15H,7-8,11-13H2,1-3H3,(H,20,23). The first-order valence-corrected chi connectivity index (χ1v) is 8.51. The Labute approximate surface area is 138 Å². The van der Waals surface area contributed by atoms with Crippen LogP contribution in [0.4, 0.5) is 0 Å². The molecule has 124 valence electrons. The number of hydrogen-bond acceptors (Lipinski definition) is 2. The molecular weight excluding hydrogens is 288 g/mol. The van der Waals surface area contributed by atoms with Crippen molar-refractivity contribution in [3.8, 4) is 0 Å². The average molecular weight is 314 g/mol. The summed E-state index contributed by atoms with van der Waals surface area (Å²) in [7, 11) is 0. The highest BCUT2D eigenvalue weighted by Gasteiger charge is 2.55. The van der Waals surface area contributed by atoms with Crippen LogP contribution in [0.1, 0.15) is 52.0 Å². The Hall–Kier alpha value is -1.84. The van der Waals surface area contributed by atoms with Crippen molar-refractivity contribution < 1.29 is 9.59 Å². The number of carbonyl (C=O) groups is 2. The molecule has 23 heavy (non-hydrogen) atoms. The Morgan fingerprint density at radius 3 is 2.30 bits per heavy atom. The van der Waals surface area contributed by atoms with Crippen LogP contribution >= 0.6 is 0 Å². The maximum Gasteiger partial charge on any atom is 0.246 e. The van der Waals surface area contributed by atoms with Gasteiger partial charge in [-0.1, -0.05) is 63.9 Å². The van der Waals surface area contributed by atoms with E-state index in [-0.39, 0.29) is 17.2 Å². The molecule has 4 heteroatoms. The minimum Gasteiger partial charge on any atom is -0.342 e. The first-order chi connectivity index (χ1) is 10.8. The molecule has 1 heterocycles. The summed E-state index contributed by atoms with van der Waals surface area (Å²) in [6.07, 6.45) is 3.56. The third-order valence-corrected chi connectivity index (χ3v) is 5.21. The zero-order valence-electron chi connectivity index (χ0n) is 14.3. The smallest absolute Gasteiger partial charge is 0.246 e. The minimum atomic E-state index is -0.644. The molecule has 4 nitrogen and oxygen atoms in total. The second-order valence-electron chi connectivity index (χ2n) is 7.92. The Morgan fingerprint density at radius 2 is 1.74 bits per heavy atom. The monoisotopic (exact) mass is 314 g/mol. The molecule has 1 aliphatic carbocycles. The molecule has 1 atom stereocenters. The van der Waals surface area contributed by atoms with Gasteiger partial charge in [-0.3, -0.25) is 9.59 Å². The molecule has 1 aromatic carbocycles. The van der Waals surface area contributed by atoms with E-state index >= 15 is 0 Å². The van der Waals surface area contributed by atoms with Gasteiger partial charge in [-0.15, -0.1) is 0 Å². The van der Waals surface area contributed by atoms with Crippen LogP contribution in [-0.4, -0.2) is 28.3 Å². The van der Waals surface area contributed by atoms with Crippen molar-refractivity contribution in [3.63, 3.8) is 0 Å². The van der Waals surface area contributed by atoms with Crippen LogP contribution in [0.25, 0.3) is 0 Å². The van der Waals surface area contributed by atoms with E-state index in [1.165, 1.54) is 0 Å². The highest BCUT2D eigenvalue weighted by Crippen LogP contribution is 2.41. The van der Waals surface area contributed by atoms with E-state index < -0.39 is 11.6 Å². The van der Waals surface area contributed by atoms with Gasteiger partial charge in [-0.2, -0.15) is 0 Å². The summed E-state index contributed by atoms with van der Waals surface area (Å²) >= 11 is 0. The Bertz CT molecular complexity index is 598. The van der Waals surface area contributed by atoms with Crippen molar-refractivity contribution in [2.45, 2.75) is 64.6 Å². The van der Waals surface area contributed by atoms with E-state index in [0.717, 1.165) is 31.2 Å². The van der Waals surface area contributed by atoms with Crippen LogP contribution in [0, 0.1) is 5.41 Å². The fourth-order valence-corrected chi connectivity index (χ4v) is 3.86. The van der Waals surface area contributed by atoms with Crippen LogP contribution in [0.5, 0.6) is 0 Å². The van der Waals surface area contributed by atoms with Crippen LogP contribution in [0.2, 0.25) is 0 Å². The highest BCUT2D eigenvalue weighted by molar-refractivity contribution is 6.00. The van der Waals surface area contributed by atoms with Crippen LogP contribution < -0.4 is 5.32 Å². The zero-order chi connectivity index (χ0) is 16.7. The molecule has 1 saturated heterocycles. The van der Waals surface area contributed by atoms with E-state index in [2.05, 4.69) is 5.32 Å². The summed E-state index contributed by atoms with van der Waals surface area (Å²) in [5.74, 6) is 0.0910. The van der Waals surface area contributed by atoms with Crippen molar-refractivity contribution in [1.82, 2.24) is 10.2 Å². The number of benzene rings is 1. The van der Waals surface area contributed by atoms with Gasteiger partial charge in [0.05, 0.1) is 0 Å². The first-order valence-electron chi connectivity index (χ1n) is 8.51. The van der Waals surface area contributed by atoms with Gasteiger partial charge in [0.1, 0.15) is 11.6 Å². The number of rotatable bonds is 2. The fraction of sp³-hybridized carbons (Fsp3) is 0.579. The second kappa shape index (κ2) is 5.66. The van der Waals surface area contributed by atoms with Gasteiger partial charge < -0.3 is 10.2 Å². The van der Waals surface area contributed by atoms with Crippen molar-refractivity contribution in [2.24, 2.45) is 5.41 Å². The number of carbonyl (C=O) groups excluding carboxylic acids is 2. The largest absolute Gasteiger partial charge is 0.342 e.